The first-order valence-corrected chi connectivity index (χ1v) is 7.16. The molecule has 1 amide bonds. The van der Waals surface area contributed by atoms with E-state index in [2.05, 4.69) is 16.0 Å². The van der Waals surface area contributed by atoms with Gasteiger partial charge in [-0.1, -0.05) is 0 Å². The summed E-state index contributed by atoms with van der Waals surface area (Å²) in [4.78, 5) is 20.7. The van der Waals surface area contributed by atoms with Gasteiger partial charge in [0.2, 0.25) is 0 Å². The lowest BCUT2D eigenvalue weighted by Gasteiger charge is -2.21. The maximum absolute atomic E-state index is 12.5. The summed E-state index contributed by atoms with van der Waals surface area (Å²) in [6, 6.07) is 5.31. The van der Waals surface area contributed by atoms with Crippen LogP contribution in [0.4, 0.5) is 0 Å². The van der Waals surface area contributed by atoms with Crippen molar-refractivity contribution >= 4 is 5.91 Å². The first kappa shape index (κ1) is 15.4. The van der Waals surface area contributed by atoms with Gasteiger partial charge < -0.3 is 10.0 Å². The van der Waals surface area contributed by atoms with E-state index in [4.69, 9.17) is 10.4 Å². The fraction of sp³-hybridized carbons (Fsp3) is 0.533. The van der Waals surface area contributed by atoms with Gasteiger partial charge in [0, 0.05) is 26.2 Å². The van der Waals surface area contributed by atoms with Crippen LogP contribution < -0.4 is 0 Å². The maximum Gasteiger partial charge on any atom is 0.272 e. The van der Waals surface area contributed by atoms with E-state index in [1.54, 1.807) is 24.0 Å². The molecule has 2 rings (SSSR count). The van der Waals surface area contributed by atoms with E-state index >= 15 is 0 Å². The standard InChI is InChI=1S/C15H20N4O2/c1-12-13(11-16)3-4-14(17-12)15(21)19-6-2-5-18(7-8-19)9-10-20/h3-4,20H,2,5-10H2,1H3. The largest absolute Gasteiger partial charge is 0.395 e. The molecule has 21 heavy (non-hydrogen) atoms. The third kappa shape index (κ3) is 3.78. The van der Waals surface area contributed by atoms with E-state index in [9.17, 15) is 4.79 Å². The monoisotopic (exact) mass is 288 g/mol. The summed E-state index contributed by atoms with van der Waals surface area (Å²) in [5, 5.41) is 17.9. The van der Waals surface area contributed by atoms with E-state index in [0.717, 1.165) is 19.5 Å². The van der Waals surface area contributed by atoms with Gasteiger partial charge in [0.1, 0.15) is 11.8 Å². The Morgan fingerprint density at radius 1 is 1.38 bits per heavy atom. The lowest BCUT2D eigenvalue weighted by Crippen LogP contribution is -2.36. The van der Waals surface area contributed by atoms with Gasteiger partial charge in [-0.15, -0.1) is 0 Å². The Morgan fingerprint density at radius 2 is 2.19 bits per heavy atom. The predicted molar refractivity (Wildman–Crippen MR) is 77.7 cm³/mol. The van der Waals surface area contributed by atoms with Crippen molar-refractivity contribution < 1.29 is 9.90 Å². The molecule has 1 aliphatic heterocycles. The van der Waals surface area contributed by atoms with Gasteiger partial charge >= 0.3 is 0 Å². The minimum absolute atomic E-state index is 0.0894. The number of β-amino-alcohol motifs (C(OH)–C–C–N with tert-alkyl or cyclic N) is 1. The molecule has 0 saturated carbocycles. The highest BCUT2D eigenvalue weighted by Gasteiger charge is 2.21. The van der Waals surface area contributed by atoms with Crippen LogP contribution in [-0.2, 0) is 0 Å². The van der Waals surface area contributed by atoms with Crippen LogP contribution in [0.3, 0.4) is 0 Å². The zero-order chi connectivity index (χ0) is 15.2. The van der Waals surface area contributed by atoms with Crippen molar-refractivity contribution in [2.45, 2.75) is 13.3 Å². The number of aryl methyl sites for hydroxylation is 1. The highest BCUT2D eigenvalue weighted by atomic mass is 16.3. The first-order chi connectivity index (χ1) is 10.2. The molecule has 1 aromatic rings. The van der Waals surface area contributed by atoms with Crippen molar-refractivity contribution in [2.75, 3.05) is 39.3 Å². The number of nitrogens with zero attached hydrogens (tertiary/aromatic N) is 4. The Labute approximate surface area is 124 Å². The van der Waals surface area contributed by atoms with Gasteiger partial charge in [-0.05, 0) is 32.0 Å². The lowest BCUT2D eigenvalue weighted by molar-refractivity contribution is 0.0754. The number of hydrogen-bond acceptors (Lipinski definition) is 5. The molecule has 0 spiro atoms. The minimum atomic E-state index is -0.0894. The highest BCUT2D eigenvalue weighted by Crippen LogP contribution is 2.10. The number of amides is 1. The van der Waals surface area contributed by atoms with Crippen LogP contribution in [0.1, 0.15) is 28.2 Å². The van der Waals surface area contributed by atoms with Gasteiger partial charge in [-0.25, -0.2) is 4.98 Å². The number of rotatable bonds is 3. The summed E-state index contributed by atoms with van der Waals surface area (Å²) in [5.74, 6) is -0.0894. The zero-order valence-electron chi connectivity index (χ0n) is 12.2. The number of carbonyl (C=O) groups is 1. The van der Waals surface area contributed by atoms with Gasteiger partial charge in [0.15, 0.2) is 0 Å². The zero-order valence-corrected chi connectivity index (χ0v) is 12.2. The third-order valence-corrected chi connectivity index (χ3v) is 3.72. The molecule has 112 valence electrons. The Bertz CT molecular complexity index is 553. The van der Waals surface area contributed by atoms with Crippen LogP contribution in [0.5, 0.6) is 0 Å². The molecular weight excluding hydrogens is 268 g/mol. The number of pyridine rings is 1. The summed E-state index contributed by atoms with van der Waals surface area (Å²) in [6.07, 6.45) is 0.890. The van der Waals surface area contributed by atoms with Gasteiger partial charge in [-0.2, -0.15) is 5.26 Å². The van der Waals surface area contributed by atoms with Gasteiger partial charge in [0.05, 0.1) is 17.9 Å². The van der Waals surface area contributed by atoms with E-state index in [-0.39, 0.29) is 12.5 Å². The number of aliphatic hydroxyl groups excluding tert-OH is 1. The number of aromatic nitrogens is 1. The van der Waals surface area contributed by atoms with Crippen molar-refractivity contribution in [2.24, 2.45) is 0 Å². The fourth-order valence-electron chi connectivity index (χ4n) is 2.50. The molecule has 1 fully saturated rings. The molecule has 1 saturated heterocycles. The normalized spacial score (nSPS) is 16.3. The van der Waals surface area contributed by atoms with E-state index in [1.165, 1.54) is 0 Å². The van der Waals surface area contributed by atoms with E-state index < -0.39 is 0 Å². The van der Waals surface area contributed by atoms with Crippen LogP contribution in [-0.4, -0.2) is 65.1 Å². The molecule has 0 unspecified atom stereocenters. The summed E-state index contributed by atoms with van der Waals surface area (Å²) in [6.45, 7) is 5.52. The van der Waals surface area contributed by atoms with Crippen LogP contribution in [0.2, 0.25) is 0 Å². The molecule has 1 N–H and O–H groups in total. The quantitative estimate of drug-likeness (QED) is 0.871. The average molecular weight is 288 g/mol. The van der Waals surface area contributed by atoms with E-state index in [0.29, 0.717) is 36.6 Å². The smallest absolute Gasteiger partial charge is 0.272 e. The summed E-state index contributed by atoms with van der Waals surface area (Å²) < 4.78 is 0. The lowest BCUT2D eigenvalue weighted by atomic mass is 10.2. The SMILES string of the molecule is Cc1nc(C(=O)N2CCCN(CCO)CC2)ccc1C#N. The van der Waals surface area contributed by atoms with Crippen molar-refractivity contribution in [1.29, 1.82) is 5.26 Å². The molecule has 0 atom stereocenters. The Morgan fingerprint density at radius 3 is 2.86 bits per heavy atom. The second-order valence-corrected chi connectivity index (χ2v) is 5.15. The minimum Gasteiger partial charge on any atom is -0.395 e. The van der Waals surface area contributed by atoms with Crippen LogP contribution in [0.25, 0.3) is 0 Å². The predicted octanol–water partition coefficient (Wildman–Crippen LogP) is 0.402. The van der Waals surface area contributed by atoms with Gasteiger partial charge in [-0.3, -0.25) is 9.69 Å². The molecule has 2 heterocycles. The Kier molecular flexibility index (Phi) is 5.26. The Hall–Kier alpha value is -1.97. The summed E-state index contributed by atoms with van der Waals surface area (Å²) in [5.41, 5.74) is 1.47. The summed E-state index contributed by atoms with van der Waals surface area (Å²) in [7, 11) is 0. The number of hydrogen-bond donors (Lipinski definition) is 1. The Balaban J connectivity index is 2.06. The number of nitriles is 1. The average Bonchev–Trinajstić information content (AvgIpc) is 2.72. The topological polar surface area (TPSA) is 80.5 Å². The van der Waals surface area contributed by atoms with Crippen molar-refractivity contribution in [3.05, 3.63) is 29.1 Å². The molecule has 0 radical (unpaired) electrons. The van der Waals surface area contributed by atoms with Crippen LogP contribution >= 0.6 is 0 Å². The van der Waals surface area contributed by atoms with Crippen molar-refractivity contribution in [3.8, 4) is 6.07 Å². The molecule has 0 aliphatic carbocycles. The van der Waals surface area contributed by atoms with Gasteiger partial charge in [0.25, 0.3) is 5.91 Å². The second kappa shape index (κ2) is 7.16. The number of carbonyl (C=O) groups excluding carboxylic acids is 1. The van der Waals surface area contributed by atoms with Crippen molar-refractivity contribution in [3.63, 3.8) is 0 Å². The highest BCUT2D eigenvalue weighted by molar-refractivity contribution is 5.92. The van der Waals surface area contributed by atoms with Crippen molar-refractivity contribution in [1.82, 2.24) is 14.8 Å². The number of aliphatic hydroxyl groups is 1. The molecule has 0 aromatic carbocycles. The first-order valence-electron chi connectivity index (χ1n) is 7.16. The van der Waals surface area contributed by atoms with E-state index in [1.807, 2.05) is 0 Å². The molecule has 0 bridgehead atoms. The second-order valence-electron chi connectivity index (χ2n) is 5.15. The molecule has 1 aromatic heterocycles. The third-order valence-electron chi connectivity index (χ3n) is 3.72. The fourth-order valence-corrected chi connectivity index (χ4v) is 2.50. The molecule has 6 nitrogen and oxygen atoms in total. The van der Waals surface area contributed by atoms with Crippen LogP contribution in [0.15, 0.2) is 12.1 Å². The van der Waals surface area contributed by atoms with Crippen LogP contribution in [0, 0.1) is 18.3 Å². The molecule has 6 heteroatoms. The maximum atomic E-state index is 12.5. The summed E-state index contributed by atoms with van der Waals surface area (Å²) >= 11 is 0. The molecule has 1 aliphatic rings. The molecular formula is C15H20N4O2.